The fourth-order valence-corrected chi connectivity index (χ4v) is 1.44. The van der Waals surface area contributed by atoms with Gasteiger partial charge in [-0.1, -0.05) is 37.6 Å². The standard InChI is InChI=1S/C12H16ClNO/c1-9(2)12(15)14-7-6-10-4-3-5-11(13)8-10/h3-5,8-9H,6-7H2,1-2H3,(H,14,15). The first-order valence-electron chi connectivity index (χ1n) is 5.11. The van der Waals surface area contributed by atoms with E-state index in [1.165, 1.54) is 0 Å². The van der Waals surface area contributed by atoms with Gasteiger partial charge in [0.15, 0.2) is 0 Å². The lowest BCUT2D eigenvalue weighted by Gasteiger charge is -2.07. The number of hydrogen-bond donors (Lipinski definition) is 1. The molecule has 0 bridgehead atoms. The summed E-state index contributed by atoms with van der Waals surface area (Å²) >= 11 is 5.85. The molecule has 0 unspecified atom stereocenters. The fraction of sp³-hybridized carbons (Fsp3) is 0.417. The third-order valence-corrected chi connectivity index (χ3v) is 2.36. The van der Waals surface area contributed by atoms with Gasteiger partial charge in [-0.3, -0.25) is 4.79 Å². The molecule has 0 aliphatic rings. The van der Waals surface area contributed by atoms with Crippen molar-refractivity contribution in [1.29, 1.82) is 0 Å². The highest BCUT2D eigenvalue weighted by atomic mass is 35.5. The molecule has 1 aromatic rings. The number of nitrogens with one attached hydrogen (secondary N) is 1. The Morgan fingerprint density at radius 1 is 1.47 bits per heavy atom. The van der Waals surface area contributed by atoms with Crippen LogP contribution >= 0.6 is 11.6 Å². The first kappa shape index (κ1) is 12.1. The topological polar surface area (TPSA) is 29.1 Å². The van der Waals surface area contributed by atoms with E-state index < -0.39 is 0 Å². The second kappa shape index (κ2) is 5.76. The average Bonchev–Trinajstić information content (AvgIpc) is 2.17. The molecule has 82 valence electrons. The zero-order valence-corrected chi connectivity index (χ0v) is 9.84. The molecule has 0 spiro atoms. The van der Waals surface area contributed by atoms with Crippen LogP contribution in [0.5, 0.6) is 0 Å². The minimum absolute atomic E-state index is 0.0457. The first-order valence-corrected chi connectivity index (χ1v) is 5.49. The molecule has 0 saturated carbocycles. The predicted molar refractivity (Wildman–Crippen MR) is 63.0 cm³/mol. The van der Waals surface area contributed by atoms with E-state index in [0.717, 1.165) is 17.0 Å². The Balaban J connectivity index is 2.35. The van der Waals surface area contributed by atoms with Crippen LogP contribution in [0.4, 0.5) is 0 Å². The number of halogens is 1. The zero-order chi connectivity index (χ0) is 11.3. The summed E-state index contributed by atoms with van der Waals surface area (Å²) in [5.41, 5.74) is 1.14. The van der Waals surface area contributed by atoms with Gasteiger partial charge in [-0.05, 0) is 24.1 Å². The van der Waals surface area contributed by atoms with E-state index in [4.69, 9.17) is 11.6 Å². The summed E-state index contributed by atoms with van der Waals surface area (Å²) in [6.07, 6.45) is 0.818. The largest absolute Gasteiger partial charge is 0.356 e. The van der Waals surface area contributed by atoms with Crippen molar-refractivity contribution < 1.29 is 4.79 Å². The average molecular weight is 226 g/mol. The van der Waals surface area contributed by atoms with Gasteiger partial charge in [-0.2, -0.15) is 0 Å². The van der Waals surface area contributed by atoms with Gasteiger partial charge in [0.25, 0.3) is 0 Å². The molecule has 0 fully saturated rings. The van der Waals surface area contributed by atoms with Crippen LogP contribution in [0.1, 0.15) is 19.4 Å². The molecule has 0 atom stereocenters. The number of carbonyl (C=O) groups is 1. The Morgan fingerprint density at radius 3 is 2.80 bits per heavy atom. The van der Waals surface area contributed by atoms with Gasteiger partial charge in [0.1, 0.15) is 0 Å². The highest BCUT2D eigenvalue weighted by Crippen LogP contribution is 2.10. The summed E-state index contributed by atoms with van der Waals surface area (Å²) in [5.74, 6) is 0.140. The summed E-state index contributed by atoms with van der Waals surface area (Å²) in [4.78, 5) is 11.3. The van der Waals surface area contributed by atoms with Crippen molar-refractivity contribution in [2.45, 2.75) is 20.3 Å². The maximum Gasteiger partial charge on any atom is 0.222 e. The molecule has 2 nitrogen and oxygen atoms in total. The summed E-state index contributed by atoms with van der Waals surface area (Å²) in [6.45, 7) is 4.43. The molecule has 0 aliphatic heterocycles. The van der Waals surface area contributed by atoms with Gasteiger partial charge >= 0.3 is 0 Å². The van der Waals surface area contributed by atoms with Crippen LogP contribution in [-0.4, -0.2) is 12.5 Å². The van der Waals surface area contributed by atoms with Crippen molar-refractivity contribution in [2.75, 3.05) is 6.54 Å². The molecule has 0 aliphatic carbocycles. The zero-order valence-electron chi connectivity index (χ0n) is 9.09. The van der Waals surface area contributed by atoms with E-state index in [0.29, 0.717) is 6.54 Å². The van der Waals surface area contributed by atoms with Gasteiger partial charge in [0.05, 0.1) is 0 Å². The lowest BCUT2D eigenvalue weighted by molar-refractivity contribution is -0.123. The Bertz CT molecular complexity index is 336. The lowest BCUT2D eigenvalue weighted by atomic mass is 10.1. The summed E-state index contributed by atoms with van der Waals surface area (Å²) in [7, 11) is 0. The predicted octanol–water partition coefficient (Wildman–Crippen LogP) is 2.65. The lowest BCUT2D eigenvalue weighted by Crippen LogP contribution is -2.29. The van der Waals surface area contributed by atoms with Gasteiger partial charge in [-0.15, -0.1) is 0 Å². The number of hydrogen-bond acceptors (Lipinski definition) is 1. The van der Waals surface area contributed by atoms with Crippen LogP contribution in [0, 0.1) is 5.92 Å². The molecular weight excluding hydrogens is 210 g/mol. The third-order valence-electron chi connectivity index (χ3n) is 2.13. The van der Waals surface area contributed by atoms with Crippen LogP contribution in [0.3, 0.4) is 0 Å². The molecule has 0 saturated heterocycles. The van der Waals surface area contributed by atoms with Crippen molar-refractivity contribution in [1.82, 2.24) is 5.32 Å². The second-order valence-electron chi connectivity index (χ2n) is 3.83. The van der Waals surface area contributed by atoms with E-state index in [-0.39, 0.29) is 11.8 Å². The molecule has 1 N–H and O–H groups in total. The normalized spacial score (nSPS) is 10.4. The van der Waals surface area contributed by atoms with Crippen LogP contribution in [-0.2, 0) is 11.2 Å². The maximum absolute atomic E-state index is 11.3. The molecule has 3 heteroatoms. The molecule has 0 aromatic heterocycles. The minimum atomic E-state index is 0.0457. The van der Waals surface area contributed by atoms with E-state index in [9.17, 15) is 4.79 Å². The number of rotatable bonds is 4. The quantitative estimate of drug-likeness (QED) is 0.839. The number of amides is 1. The van der Waals surface area contributed by atoms with Gasteiger partial charge in [0.2, 0.25) is 5.91 Å². The SMILES string of the molecule is CC(C)C(=O)NCCc1cccc(Cl)c1. The summed E-state index contributed by atoms with van der Waals surface area (Å²) < 4.78 is 0. The molecule has 0 radical (unpaired) electrons. The Morgan fingerprint density at radius 2 is 2.20 bits per heavy atom. The Hall–Kier alpha value is -1.02. The minimum Gasteiger partial charge on any atom is -0.356 e. The number of benzene rings is 1. The van der Waals surface area contributed by atoms with E-state index in [2.05, 4.69) is 5.32 Å². The number of carbonyl (C=O) groups excluding carboxylic acids is 1. The molecular formula is C12H16ClNO. The van der Waals surface area contributed by atoms with Crippen LogP contribution in [0.2, 0.25) is 5.02 Å². The second-order valence-corrected chi connectivity index (χ2v) is 4.26. The summed E-state index contributed by atoms with van der Waals surface area (Å²) in [5, 5.41) is 3.61. The molecule has 0 heterocycles. The highest BCUT2D eigenvalue weighted by molar-refractivity contribution is 6.30. The fourth-order valence-electron chi connectivity index (χ4n) is 1.23. The summed E-state index contributed by atoms with van der Waals surface area (Å²) in [6, 6.07) is 7.69. The van der Waals surface area contributed by atoms with Crippen molar-refractivity contribution in [3.05, 3.63) is 34.9 Å². The van der Waals surface area contributed by atoms with E-state index in [1.54, 1.807) is 0 Å². The van der Waals surface area contributed by atoms with Crippen molar-refractivity contribution in [2.24, 2.45) is 5.92 Å². The Labute approximate surface area is 95.6 Å². The monoisotopic (exact) mass is 225 g/mol. The van der Waals surface area contributed by atoms with E-state index >= 15 is 0 Å². The first-order chi connectivity index (χ1) is 7.09. The van der Waals surface area contributed by atoms with Crippen molar-refractivity contribution in [3.8, 4) is 0 Å². The van der Waals surface area contributed by atoms with E-state index in [1.807, 2.05) is 38.1 Å². The van der Waals surface area contributed by atoms with Crippen LogP contribution in [0.25, 0.3) is 0 Å². The molecule has 1 rings (SSSR count). The van der Waals surface area contributed by atoms with Gasteiger partial charge in [-0.25, -0.2) is 0 Å². The molecule has 1 aromatic carbocycles. The van der Waals surface area contributed by atoms with Crippen LogP contribution < -0.4 is 5.32 Å². The smallest absolute Gasteiger partial charge is 0.222 e. The van der Waals surface area contributed by atoms with Crippen molar-refractivity contribution >= 4 is 17.5 Å². The Kier molecular flexibility index (Phi) is 4.63. The molecule has 15 heavy (non-hydrogen) atoms. The maximum atomic E-state index is 11.3. The highest BCUT2D eigenvalue weighted by Gasteiger charge is 2.04. The van der Waals surface area contributed by atoms with Crippen LogP contribution in [0.15, 0.2) is 24.3 Å². The van der Waals surface area contributed by atoms with Gasteiger partial charge < -0.3 is 5.32 Å². The van der Waals surface area contributed by atoms with Gasteiger partial charge in [0, 0.05) is 17.5 Å². The third kappa shape index (κ3) is 4.34. The van der Waals surface area contributed by atoms with Crippen molar-refractivity contribution in [3.63, 3.8) is 0 Å². The molecule has 1 amide bonds.